The molecule has 0 aliphatic carbocycles. The zero-order valence-corrected chi connectivity index (χ0v) is 92.3. The first kappa shape index (κ1) is 126. The summed E-state index contributed by atoms with van der Waals surface area (Å²) in [5, 5.41) is 80.6. The number of carbonyl (C=O) groups excluding carboxylic acids is 9. The van der Waals surface area contributed by atoms with Crippen molar-refractivity contribution in [2.75, 3.05) is 81.5 Å². The molecule has 0 radical (unpaired) electrons. The van der Waals surface area contributed by atoms with Crippen molar-refractivity contribution in [2.45, 2.75) is 383 Å². The summed E-state index contributed by atoms with van der Waals surface area (Å²) in [5.41, 5.74) is 10.2. The topological polar surface area (TPSA) is 526 Å². The van der Waals surface area contributed by atoms with E-state index in [-0.39, 0.29) is 128 Å². The Hall–Kier alpha value is -2.90. The van der Waals surface area contributed by atoms with Crippen LogP contribution >= 0.6 is 177 Å². The van der Waals surface area contributed by atoms with Gasteiger partial charge in [-0.05, 0) is 198 Å². The molecule has 9 heterocycles. The monoisotopic (exact) mass is 2200 g/mol. The Morgan fingerprint density at radius 2 is 0.847 bits per heavy atom. The second-order valence-electron chi connectivity index (χ2n) is 35.5. The van der Waals surface area contributed by atoms with E-state index < -0.39 is 35.8 Å². The van der Waals surface area contributed by atoms with Crippen molar-refractivity contribution in [1.82, 2.24) is 42.5 Å². The zero-order valence-electron chi connectivity index (χ0n) is 80.0. The van der Waals surface area contributed by atoms with Crippen molar-refractivity contribution in [2.24, 2.45) is 11.5 Å². The number of hydrogen-bond acceptors (Lipinski definition) is 30. The number of carboxylic acids is 6. The van der Waals surface area contributed by atoms with Crippen LogP contribution in [-0.2, 0) is 52.7 Å². The summed E-state index contributed by atoms with van der Waals surface area (Å²) >= 11 is 29.3. The van der Waals surface area contributed by atoms with Crippen LogP contribution in [0.5, 0.6) is 0 Å². The lowest BCUT2D eigenvalue weighted by Crippen LogP contribution is -2.36. The first-order chi connectivity index (χ1) is 65.5. The standard InChI is InChI=1S/C28H44N4O6S4.C21H36N4O5S3.C12H22N2O4S2.C11H20O2S2.C10H18O2S2.C9H16O2S2/c33-22(34)10-4-1-7-17(42-24(36)12-6-3-9-21-26-19(16-41-21)30-28(38)32-26)13-14-39-23(35)11-5-2-8-20-25-18(15-40-20)29-27(37)31-25;26-17(7-3-2-6-16-19-15(13-33-16)24-20(29)25-19)22-10-11-23-21(30)32-12-9-14(31)5-1-4-8-18(27)28;13-10(15)7-19-6-5-9(20-8-11(14)16)3-1-2-4-12(17)18;1-11(2)14-8-7-9(15-11)5-3-4-6-10(12)13;1-8-13-7-6-9(14-8)4-2-3-5-10(11)12;10-9(11)4-2-1-3-8-5-6-12-7-13-8/h17-21,25-26H,1-16H2,(H,33,34)(H2,29,31,37)(H2,30,32,38);14-16,19,31H,1-13H2,(H,22,26)(H,23,30)(H,27,28)(H2,24,25,29);9H,1-8H2,(H2,13,15)(H2,14,16)(H,17,18);9H,3-8H2,1-2H3,(H,12,13);8-9H,2-7H2,1H3,(H,11,12);8H,1-7H2,(H,10,11). The van der Waals surface area contributed by atoms with Gasteiger partial charge < -0.3 is 84.6 Å². The second-order valence-corrected chi connectivity index (χ2v) is 56.1. The number of thiol groups is 1. The number of rotatable bonds is 63. The van der Waals surface area contributed by atoms with E-state index in [1.807, 2.05) is 82.3 Å². The second kappa shape index (κ2) is 76.6. The van der Waals surface area contributed by atoms with Crippen LogP contribution in [0.15, 0.2) is 0 Å². The maximum Gasteiger partial charge on any atom is 0.315 e. The number of primary amides is 2. The average molecular weight is 2210 g/mol. The van der Waals surface area contributed by atoms with E-state index in [0.717, 1.165) is 197 Å². The van der Waals surface area contributed by atoms with Crippen molar-refractivity contribution < 1.29 is 103 Å². The fourth-order valence-corrected chi connectivity index (χ4v) is 35.5. The highest BCUT2D eigenvalue weighted by atomic mass is 32.2. The molecule has 0 bridgehead atoms. The first-order valence-corrected chi connectivity index (χ1v) is 63.4. The molecule has 16 unspecified atom stereocenters. The van der Waals surface area contributed by atoms with Crippen LogP contribution in [0.25, 0.3) is 0 Å². The molecule has 10 amide bonds. The van der Waals surface area contributed by atoms with Gasteiger partial charge in [0.2, 0.25) is 17.7 Å². The van der Waals surface area contributed by atoms with Crippen LogP contribution in [0.3, 0.4) is 0 Å². The van der Waals surface area contributed by atoms with Gasteiger partial charge in [0, 0.05) is 157 Å². The molecule has 46 heteroatoms. The van der Waals surface area contributed by atoms with Crippen LogP contribution in [-0.4, -0.2) is 291 Å². The average Bonchev–Trinajstić information content (AvgIpc) is 1.68. The Bertz CT molecular complexity index is 3560. The van der Waals surface area contributed by atoms with Gasteiger partial charge in [0.05, 0.1) is 51.8 Å². The molecule has 18 N–H and O–H groups in total. The molecule has 9 saturated heterocycles. The number of nitrogens with one attached hydrogen (secondary N) is 8. The Morgan fingerprint density at radius 3 is 1.32 bits per heavy atom. The molecule has 9 rings (SSSR count). The number of urea groups is 3. The third-order valence-electron chi connectivity index (χ3n) is 23.4. The number of amides is 10. The molecular weight excluding hydrogens is 2050 g/mol. The summed E-state index contributed by atoms with van der Waals surface area (Å²) in [7, 11) is 0. The minimum atomic E-state index is -0.799. The molecule has 0 aromatic heterocycles. The quantitative estimate of drug-likeness (QED) is 0.0153. The van der Waals surface area contributed by atoms with E-state index in [4.69, 9.17) is 42.1 Å². The fraction of sp³-hybridized carbons (Fsp3) is 0.835. The number of carboxylic acid groups (broad SMARTS) is 6. The Labute approximate surface area is 877 Å². The Morgan fingerprint density at radius 1 is 0.431 bits per heavy atom. The summed E-state index contributed by atoms with van der Waals surface area (Å²) in [5.74, 6) is 4.29. The minimum Gasteiger partial charge on any atom is -0.481 e. The number of fused-ring (bicyclic) bond motifs is 3. The Kier molecular flexibility index (Phi) is 70.7. The maximum absolute atomic E-state index is 12.8. The van der Waals surface area contributed by atoms with Crippen molar-refractivity contribution in [3.63, 3.8) is 0 Å². The zero-order chi connectivity index (χ0) is 101. The van der Waals surface area contributed by atoms with Crippen LogP contribution in [0.2, 0.25) is 0 Å². The van der Waals surface area contributed by atoms with Gasteiger partial charge in [-0.15, -0.1) is 70.6 Å². The highest BCUT2D eigenvalue weighted by molar-refractivity contribution is 8.19. The third-order valence-corrected chi connectivity index (χ3v) is 42.7. The van der Waals surface area contributed by atoms with Crippen LogP contribution in [0, 0.1) is 0 Å². The van der Waals surface area contributed by atoms with E-state index in [0.29, 0.717) is 108 Å². The normalized spacial score (nSPS) is 23.5. The van der Waals surface area contributed by atoms with Gasteiger partial charge in [-0.1, -0.05) is 93.1 Å². The van der Waals surface area contributed by atoms with Crippen molar-refractivity contribution in [3.05, 3.63) is 0 Å². The highest BCUT2D eigenvalue weighted by Gasteiger charge is 2.45. The summed E-state index contributed by atoms with van der Waals surface area (Å²) in [6.45, 7) is 7.63. The molecule has 0 saturated carbocycles. The Balaban J connectivity index is 0.000000365. The SMILES string of the molecule is CC1(C)SCCC(CCCCC(=O)O)S1.CC1SCCC(CCCCC(=O)O)S1.NC(=O)CSCCC(CCCCC(=O)O)SCC(N)=O.O=C(O)CCCCC(CCSC(=O)CCCCC1SCC2NC(=O)NC21)SC(=O)CCCCC1SCC2NC(=O)NC21.O=C(O)CCCCC(S)CCSC(=O)NCCNC(=O)CCCCC1SCC2NC(=O)NC21.O=C(O)CCCCC1CCSCS1. The molecule has 9 aliphatic heterocycles. The minimum absolute atomic E-state index is 0.00879. The van der Waals surface area contributed by atoms with Gasteiger partial charge in [0.15, 0.2) is 10.2 Å². The van der Waals surface area contributed by atoms with Crippen molar-refractivity contribution >= 4 is 264 Å². The van der Waals surface area contributed by atoms with Crippen LogP contribution in [0.4, 0.5) is 19.2 Å². The predicted molar refractivity (Wildman–Crippen MR) is 584 cm³/mol. The fourth-order valence-electron chi connectivity index (χ4n) is 16.2. The largest absolute Gasteiger partial charge is 0.481 e. The number of nitrogens with two attached hydrogens (primary N) is 2. The van der Waals surface area contributed by atoms with Gasteiger partial charge in [-0.2, -0.15) is 71.4 Å². The molecule has 0 spiro atoms. The lowest BCUT2D eigenvalue weighted by Gasteiger charge is -2.34. The molecule has 16 atom stereocenters. The molecule has 9 aliphatic rings. The molecule has 31 nitrogen and oxygen atoms in total. The van der Waals surface area contributed by atoms with Gasteiger partial charge in [0.1, 0.15) is 0 Å². The molecule has 137 heavy (non-hydrogen) atoms. The summed E-state index contributed by atoms with van der Waals surface area (Å²) in [4.78, 5) is 168. The van der Waals surface area contributed by atoms with E-state index in [9.17, 15) is 71.9 Å². The summed E-state index contributed by atoms with van der Waals surface area (Å²) in [6.07, 6.45) is 33.7. The molecule has 0 aromatic carbocycles. The molecular formula is C91H156N10O21S15. The van der Waals surface area contributed by atoms with Gasteiger partial charge in [-0.25, -0.2) is 14.4 Å². The van der Waals surface area contributed by atoms with E-state index >= 15 is 0 Å². The lowest BCUT2D eigenvalue weighted by atomic mass is 10.0. The maximum atomic E-state index is 12.8. The van der Waals surface area contributed by atoms with Crippen molar-refractivity contribution in [3.8, 4) is 0 Å². The smallest absolute Gasteiger partial charge is 0.315 e. The number of carbonyl (C=O) groups is 15. The van der Waals surface area contributed by atoms with Gasteiger partial charge >= 0.3 is 53.9 Å². The number of aliphatic carboxylic acids is 6. The first-order valence-electron chi connectivity index (χ1n) is 48.6. The highest BCUT2D eigenvalue weighted by Crippen LogP contribution is 2.47. The van der Waals surface area contributed by atoms with E-state index in [1.54, 1.807) is 0 Å². The summed E-state index contributed by atoms with van der Waals surface area (Å²) < 4.78 is 1.09. The number of thioether (sulfide) groups is 14. The molecule has 786 valence electrons. The summed E-state index contributed by atoms with van der Waals surface area (Å²) in [6, 6.07) is 1.06. The van der Waals surface area contributed by atoms with E-state index in [2.05, 4.69) is 99.5 Å². The molecule has 0 aromatic rings. The van der Waals surface area contributed by atoms with Gasteiger partial charge in [0.25, 0.3) is 5.24 Å². The molecule has 9 fully saturated rings. The number of hydrogen-bond donors (Lipinski definition) is 17. The third kappa shape index (κ3) is 64.7. The van der Waals surface area contributed by atoms with Crippen molar-refractivity contribution in [1.29, 1.82) is 0 Å². The predicted octanol–water partition coefficient (Wildman–Crippen LogP) is 17.4. The van der Waals surface area contributed by atoms with Crippen LogP contribution < -0.4 is 54.0 Å². The number of unbranched alkanes of at least 4 members (excludes halogenated alkanes) is 9. The van der Waals surface area contributed by atoms with Crippen LogP contribution in [0.1, 0.15) is 290 Å². The lowest BCUT2D eigenvalue weighted by molar-refractivity contribution is -0.138. The van der Waals surface area contributed by atoms with E-state index in [1.165, 1.54) is 120 Å². The van der Waals surface area contributed by atoms with Gasteiger partial charge in [-0.3, -0.25) is 57.5 Å².